The van der Waals surface area contributed by atoms with Gasteiger partial charge in [-0.25, -0.2) is 19.2 Å². The third-order valence-electron chi connectivity index (χ3n) is 1.78. The number of carboxylic acid groups (broad SMARTS) is 4. The van der Waals surface area contributed by atoms with E-state index in [1.54, 1.807) is 0 Å². The van der Waals surface area contributed by atoms with Crippen LogP contribution in [0, 0.1) is 0 Å². The molecule has 0 amide bonds. The molecule has 0 fully saturated rings. The Balaban J connectivity index is -0.000000301. The van der Waals surface area contributed by atoms with Crippen molar-refractivity contribution in [2.45, 2.75) is 24.4 Å². The lowest BCUT2D eigenvalue weighted by Gasteiger charge is -2.07. The fourth-order valence-corrected chi connectivity index (χ4v) is 0.540. The topological polar surface area (TPSA) is 282 Å². The fraction of sp³-hybridized carbons (Fsp3) is 0.600. The normalized spacial score (nSPS) is 14.4. The Morgan fingerprint density at radius 2 is 0.667 bits per heavy atom. The average Bonchev–Trinajstić information content (AvgIpc) is 2.52. The molecule has 12 N–H and O–H groups in total. The summed E-state index contributed by atoms with van der Waals surface area (Å²) in [5.74, 6) is -7.07. The minimum absolute atomic E-state index is 0.597. The van der Waals surface area contributed by atoms with Crippen molar-refractivity contribution in [2.75, 3.05) is 13.1 Å². The van der Waals surface area contributed by atoms with E-state index in [0.717, 1.165) is 0 Å². The fourth-order valence-electron chi connectivity index (χ4n) is 0.540. The smallest absolute Gasteiger partial charge is 0.335 e. The van der Waals surface area contributed by atoms with E-state index in [1.165, 1.54) is 0 Å². The predicted octanol–water partition coefficient (Wildman–Crippen LogP) is -5.34. The van der Waals surface area contributed by atoms with Gasteiger partial charge in [0.25, 0.3) is 0 Å². The maximum absolute atomic E-state index is 9.77. The molecule has 0 radical (unpaired) electrons. The highest BCUT2D eigenvalue weighted by Gasteiger charge is 2.30. The van der Waals surface area contributed by atoms with Gasteiger partial charge >= 0.3 is 23.9 Å². The highest BCUT2D eigenvalue weighted by molar-refractivity contribution is 5.83. The van der Waals surface area contributed by atoms with Crippen LogP contribution in [0.5, 0.6) is 0 Å². The number of rotatable bonds is 7. The Bertz CT molecular complexity index is 341. The molecule has 14 heteroatoms. The number of aliphatic carboxylic acids is 4. The van der Waals surface area contributed by atoms with E-state index in [1.807, 2.05) is 0 Å². The monoisotopic (exact) mass is 360 g/mol. The molecule has 0 saturated heterocycles. The average molecular weight is 360 g/mol. The third kappa shape index (κ3) is 13.3. The van der Waals surface area contributed by atoms with Crippen LogP contribution in [0.4, 0.5) is 0 Å². The minimum Gasteiger partial charge on any atom is -0.479 e. The first-order valence-electron chi connectivity index (χ1n) is 5.88. The number of carbonyl (C=O) groups is 4. The zero-order chi connectivity index (χ0) is 20.0. The number of nitrogens with two attached hydrogens (primary N) is 2. The standard InChI is InChI=1S/2C4H6O6.C2H8N2/c2*5-1(3(7)8)2(6)4(9)10;3-1-2-4/h2*1-2,5-6H,(H,7,8)(H,9,10);1-4H2. The second kappa shape index (κ2) is 14.2. The summed E-state index contributed by atoms with van der Waals surface area (Å²) < 4.78 is 0. The summed E-state index contributed by atoms with van der Waals surface area (Å²) in [5.41, 5.74) is 9.81. The van der Waals surface area contributed by atoms with Crippen molar-refractivity contribution in [1.29, 1.82) is 0 Å². The molecule has 0 saturated carbocycles. The second-order valence-electron chi connectivity index (χ2n) is 3.71. The van der Waals surface area contributed by atoms with Gasteiger partial charge in [0, 0.05) is 13.1 Å². The third-order valence-corrected chi connectivity index (χ3v) is 1.78. The minimum atomic E-state index is -2.27. The molecular formula is C10H20N2O12. The van der Waals surface area contributed by atoms with Crippen LogP contribution in [0.1, 0.15) is 0 Å². The summed E-state index contributed by atoms with van der Waals surface area (Å²) in [6.45, 7) is 1.19. The zero-order valence-electron chi connectivity index (χ0n) is 12.1. The largest absolute Gasteiger partial charge is 0.479 e. The molecule has 0 aromatic rings. The molecule has 4 atom stereocenters. The quantitative estimate of drug-likeness (QED) is 0.203. The number of aliphatic hydroxyl groups is 4. The van der Waals surface area contributed by atoms with E-state index >= 15 is 0 Å². The first-order chi connectivity index (χ1) is 10.8. The van der Waals surface area contributed by atoms with Gasteiger partial charge < -0.3 is 52.3 Å². The van der Waals surface area contributed by atoms with Crippen LogP contribution in [0.3, 0.4) is 0 Å². The van der Waals surface area contributed by atoms with Crippen LogP contribution in [0.15, 0.2) is 0 Å². The molecule has 0 bridgehead atoms. The Hall–Kier alpha value is -2.36. The molecule has 0 aromatic heterocycles. The summed E-state index contributed by atoms with van der Waals surface area (Å²) in [6.07, 6.45) is -9.06. The van der Waals surface area contributed by atoms with E-state index in [-0.39, 0.29) is 0 Å². The summed E-state index contributed by atoms with van der Waals surface area (Å²) in [6, 6.07) is 0. The van der Waals surface area contributed by atoms with Gasteiger partial charge in [-0.05, 0) is 0 Å². The molecule has 0 heterocycles. The number of carboxylic acids is 4. The van der Waals surface area contributed by atoms with Gasteiger partial charge in [-0.3, -0.25) is 0 Å². The van der Waals surface area contributed by atoms with E-state index < -0.39 is 48.3 Å². The number of hydrogen-bond acceptors (Lipinski definition) is 10. The van der Waals surface area contributed by atoms with Gasteiger partial charge in [0.1, 0.15) is 0 Å². The van der Waals surface area contributed by atoms with Crippen LogP contribution in [0.25, 0.3) is 0 Å². The van der Waals surface area contributed by atoms with Crippen molar-refractivity contribution in [3.8, 4) is 0 Å². The zero-order valence-corrected chi connectivity index (χ0v) is 12.1. The summed E-state index contributed by atoms with van der Waals surface area (Å²) in [4.78, 5) is 39.1. The van der Waals surface area contributed by atoms with E-state index in [0.29, 0.717) is 13.1 Å². The molecule has 0 aromatic carbocycles. The van der Waals surface area contributed by atoms with E-state index in [2.05, 4.69) is 0 Å². The lowest BCUT2D eigenvalue weighted by atomic mass is 10.2. The van der Waals surface area contributed by atoms with Crippen LogP contribution in [-0.2, 0) is 19.2 Å². The van der Waals surface area contributed by atoms with Crippen molar-refractivity contribution in [3.05, 3.63) is 0 Å². The van der Waals surface area contributed by atoms with Gasteiger partial charge in [-0.1, -0.05) is 0 Å². The summed E-state index contributed by atoms with van der Waals surface area (Å²) >= 11 is 0. The first kappa shape index (κ1) is 26.5. The SMILES string of the molecule is NCCN.O=C(O)C(O)C(O)C(=O)O.O=C(O)C(O)C(O)C(=O)O. The van der Waals surface area contributed by atoms with Gasteiger partial charge in [-0.15, -0.1) is 0 Å². The van der Waals surface area contributed by atoms with Gasteiger partial charge in [0.15, 0.2) is 24.4 Å². The van der Waals surface area contributed by atoms with Crippen molar-refractivity contribution in [1.82, 2.24) is 0 Å². The molecular weight excluding hydrogens is 340 g/mol. The van der Waals surface area contributed by atoms with E-state index in [9.17, 15) is 19.2 Å². The summed E-state index contributed by atoms with van der Waals surface area (Å²) in [7, 11) is 0. The molecule has 0 rings (SSSR count). The molecule has 142 valence electrons. The van der Waals surface area contributed by atoms with Gasteiger partial charge in [0.05, 0.1) is 0 Å². The Morgan fingerprint density at radius 1 is 0.542 bits per heavy atom. The molecule has 0 spiro atoms. The number of aliphatic hydroxyl groups excluding tert-OH is 4. The Labute approximate surface area is 134 Å². The molecule has 14 nitrogen and oxygen atoms in total. The highest BCUT2D eigenvalue weighted by Crippen LogP contribution is 1.93. The first-order valence-corrected chi connectivity index (χ1v) is 5.88. The molecule has 24 heavy (non-hydrogen) atoms. The second-order valence-corrected chi connectivity index (χ2v) is 3.71. The van der Waals surface area contributed by atoms with Crippen LogP contribution in [0.2, 0.25) is 0 Å². The Morgan fingerprint density at radius 3 is 0.708 bits per heavy atom. The lowest BCUT2D eigenvalue weighted by Crippen LogP contribution is -2.39. The van der Waals surface area contributed by atoms with Crippen LogP contribution >= 0.6 is 0 Å². The van der Waals surface area contributed by atoms with Gasteiger partial charge in [-0.2, -0.15) is 0 Å². The summed E-state index contributed by atoms with van der Waals surface area (Å²) in [5, 5.41) is 65.1. The number of hydrogen-bond donors (Lipinski definition) is 10. The van der Waals surface area contributed by atoms with E-state index in [4.69, 9.17) is 52.3 Å². The van der Waals surface area contributed by atoms with Crippen molar-refractivity contribution in [3.63, 3.8) is 0 Å². The molecule has 0 aliphatic rings. The van der Waals surface area contributed by atoms with Gasteiger partial charge in [0.2, 0.25) is 0 Å². The highest BCUT2D eigenvalue weighted by atomic mass is 16.4. The lowest BCUT2D eigenvalue weighted by molar-refractivity contribution is -0.165. The molecule has 0 aliphatic carbocycles. The van der Waals surface area contributed by atoms with Crippen molar-refractivity contribution >= 4 is 23.9 Å². The predicted molar refractivity (Wildman–Crippen MR) is 72.7 cm³/mol. The van der Waals surface area contributed by atoms with Crippen LogP contribution < -0.4 is 11.5 Å². The molecule has 0 aliphatic heterocycles. The maximum atomic E-state index is 9.77. The molecule has 4 unspecified atom stereocenters. The van der Waals surface area contributed by atoms with Crippen LogP contribution in [-0.4, -0.2) is 102 Å². The Kier molecular flexibility index (Phi) is 15.7. The van der Waals surface area contributed by atoms with Crippen molar-refractivity contribution in [2.24, 2.45) is 11.5 Å². The van der Waals surface area contributed by atoms with Crippen molar-refractivity contribution < 1.29 is 60.0 Å². The maximum Gasteiger partial charge on any atom is 0.335 e.